The molecule has 1 N–H and O–H groups in total. The van der Waals surface area contributed by atoms with Crippen molar-refractivity contribution in [2.75, 3.05) is 6.54 Å². The van der Waals surface area contributed by atoms with Crippen molar-refractivity contribution >= 4 is 0 Å². The standard InChI is InChI=1S/C18H29N3/c1-3-19-16(17-4-5-20-21(17)2)12-18-9-13-6-14(10-18)8-15(7-13)11-18/h4-5,13-16,19H,3,6-12H2,1-2H3. The molecule has 4 bridgehead atoms. The van der Waals surface area contributed by atoms with E-state index in [1.165, 1.54) is 50.6 Å². The van der Waals surface area contributed by atoms with Crippen LogP contribution in [-0.2, 0) is 7.05 Å². The average molecular weight is 287 g/mol. The van der Waals surface area contributed by atoms with Crippen molar-refractivity contribution in [3.8, 4) is 0 Å². The zero-order valence-electron chi connectivity index (χ0n) is 13.5. The minimum absolute atomic E-state index is 0.485. The molecule has 0 amide bonds. The third-order valence-electron chi connectivity index (χ3n) is 6.47. The van der Waals surface area contributed by atoms with Gasteiger partial charge in [0.25, 0.3) is 0 Å². The van der Waals surface area contributed by atoms with Gasteiger partial charge >= 0.3 is 0 Å². The van der Waals surface area contributed by atoms with Crippen molar-refractivity contribution in [3.63, 3.8) is 0 Å². The summed E-state index contributed by atoms with van der Waals surface area (Å²) in [5, 5.41) is 8.13. The highest BCUT2D eigenvalue weighted by Gasteiger charge is 2.51. The zero-order valence-corrected chi connectivity index (χ0v) is 13.5. The van der Waals surface area contributed by atoms with Gasteiger partial charge in [-0.05, 0) is 80.7 Å². The number of aryl methyl sites for hydroxylation is 1. The maximum Gasteiger partial charge on any atom is 0.0550 e. The minimum atomic E-state index is 0.485. The predicted octanol–water partition coefficient (Wildman–Crippen LogP) is 3.68. The Kier molecular flexibility index (Phi) is 3.36. The topological polar surface area (TPSA) is 29.9 Å². The van der Waals surface area contributed by atoms with Crippen LogP contribution in [0.15, 0.2) is 12.3 Å². The Morgan fingerprint density at radius 3 is 2.33 bits per heavy atom. The van der Waals surface area contributed by atoms with E-state index in [0.717, 1.165) is 24.3 Å². The summed E-state index contributed by atoms with van der Waals surface area (Å²) in [6.07, 6.45) is 12.4. The fraction of sp³-hybridized carbons (Fsp3) is 0.833. The van der Waals surface area contributed by atoms with Gasteiger partial charge < -0.3 is 5.32 Å². The molecule has 3 nitrogen and oxygen atoms in total. The number of aromatic nitrogens is 2. The molecule has 0 aromatic carbocycles. The first-order valence-corrected chi connectivity index (χ1v) is 8.89. The summed E-state index contributed by atoms with van der Waals surface area (Å²) < 4.78 is 2.06. The van der Waals surface area contributed by atoms with Crippen LogP contribution in [0.3, 0.4) is 0 Å². The van der Waals surface area contributed by atoms with Gasteiger partial charge in [0.1, 0.15) is 0 Å². The monoisotopic (exact) mass is 287 g/mol. The molecule has 4 aliphatic carbocycles. The summed E-state index contributed by atoms with van der Waals surface area (Å²) in [4.78, 5) is 0. The first kappa shape index (κ1) is 13.8. The number of nitrogens with zero attached hydrogens (tertiary/aromatic N) is 2. The van der Waals surface area contributed by atoms with Crippen LogP contribution in [0.1, 0.15) is 63.6 Å². The third-order valence-corrected chi connectivity index (χ3v) is 6.47. The van der Waals surface area contributed by atoms with Gasteiger partial charge in [0.2, 0.25) is 0 Å². The van der Waals surface area contributed by atoms with Crippen LogP contribution in [0.5, 0.6) is 0 Å². The van der Waals surface area contributed by atoms with Gasteiger partial charge in [-0.3, -0.25) is 4.68 Å². The Bertz CT molecular complexity index is 469. The molecule has 5 rings (SSSR count). The highest BCUT2D eigenvalue weighted by molar-refractivity contribution is 5.10. The van der Waals surface area contributed by atoms with Gasteiger partial charge in [-0.25, -0.2) is 0 Å². The molecule has 21 heavy (non-hydrogen) atoms. The van der Waals surface area contributed by atoms with Crippen molar-refractivity contribution in [2.45, 2.75) is 57.9 Å². The van der Waals surface area contributed by atoms with Crippen LogP contribution < -0.4 is 5.32 Å². The normalized spacial score (nSPS) is 38.9. The number of hydrogen-bond acceptors (Lipinski definition) is 2. The smallest absolute Gasteiger partial charge is 0.0550 e. The largest absolute Gasteiger partial charge is 0.309 e. The van der Waals surface area contributed by atoms with Gasteiger partial charge in [-0.1, -0.05) is 6.92 Å². The van der Waals surface area contributed by atoms with Crippen molar-refractivity contribution in [3.05, 3.63) is 18.0 Å². The lowest BCUT2D eigenvalue weighted by Crippen LogP contribution is -2.47. The van der Waals surface area contributed by atoms with E-state index in [9.17, 15) is 0 Å². The molecule has 1 atom stereocenters. The van der Waals surface area contributed by atoms with Crippen LogP contribution in [0.2, 0.25) is 0 Å². The SMILES string of the molecule is CCNC(CC12CC3CC(CC(C3)C1)C2)c1ccnn1C. The van der Waals surface area contributed by atoms with Gasteiger partial charge in [0.15, 0.2) is 0 Å². The number of rotatable bonds is 5. The second kappa shape index (κ2) is 5.12. The van der Waals surface area contributed by atoms with Crippen LogP contribution in [-0.4, -0.2) is 16.3 Å². The van der Waals surface area contributed by atoms with Gasteiger partial charge in [0.05, 0.1) is 5.69 Å². The van der Waals surface area contributed by atoms with E-state index in [2.05, 4.69) is 35.1 Å². The Hall–Kier alpha value is -0.830. The highest BCUT2D eigenvalue weighted by Crippen LogP contribution is 2.62. The summed E-state index contributed by atoms with van der Waals surface area (Å²) >= 11 is 0. The maximum absolute atomic E-state index is 4.39. The van der Waals surface area contributed by atoms with E-state index in [1.807, 2.05) is 6.20 Å². The molecule has 0 spiro atoms. The Morgan fingerprint density at radius 2 is 1.86 bits per heavy atom. The molecule has 0 saturated heterocycles. The minimum Gasteiger partial charge on any atom is -0.309 e. The summed E-state index contributed by atoms with van der Waals surface area (Å²) in [5.74, 6) is 3.14. The molecular formula is C18H29N3. The van der Waals surface area contributed by atoms with E-state index >= 15 is 0 Å². The van der Waals surface area contributed by atoms with Gasteiger partial charge in [-0.15, -0.1) is 0 Å². The van der Waals surface area contributed by atoms with E-state index in [-0.39, 0.29) is 0 Å². The Morgan fingerprint density at radius 1 is 1.24 bits per heavy atom. The van der Waals surface area contributed by atoms with Crippen LogP contribution in [0.25, 0.3) is 0 Å². The van der Waals surface area contributed by atoms with Crippen molar-refractivity contribution in [2.24, 2.45) is 30.2 Å². The number of hydrogen-bond donors (Lipinski definition) is 1. The van der Waals surface area contributed by atoms with Crippen LogP contribution >= 0.6 is 0 Å². The first-order valence-electron chi connectivity index (χ1n) is 8.89. The molecule has 1 aromatic rings. The lowest BCUT2D eigenvalue weighted by atomic mass is 9.48. The fourth-order valence-corrected chi connectivity index (χ4v) is 6.23. The lowest BCUT2D eigenvalue weighted by molar-refractivity contribution is -0.0625. The Balaban J connectivity index is 1.57. The van der Waals surface area contributed by atoms with Gasteiger partial charge in [-0.2, -0.15) is 5.10 Å². The second-order valence-electron chi connectivity index (χ2n) is 8.11. The molecular weight excluding hydrogens is 258 g/mol. The molecule has 4 fully saturated rings. The summed E-state index contributed by atoms with van der Waals surface area (Å²) in [7, 11) is 2.08. The third kappa shape index (κ3) is 2.44. The fourth-order valence-electron chi connectivity index (χ4n) is 6.23. The molecule has 0 radical (unpaired) electrons. The second-order valence-corrected chi connectivity index (χ2v) is 8.11. The van der Waals surface area contributed by atoms with Gasteiger partial charge in [0, 0.05) is 19.3 Å². The van der Waals surface area contributed by atoms with Crippen LogP contribution in [0.4, 0.5) is 0 Å². The summed E-state index contributed by atoms with van der Waals surface area (Å²) in [5.41, 5.74) is 2.00. The molecule has 4 aliphatic rings. The summed E-state index contributed by atoms with van der Waals surface area (Å²) in [6, 6.07) is 2.69. The first-order chi connectivity index (χ1) is 10.2. The van der Waals surface area contributed by atoms with E-state index in [1.54, 1.807) is 0 Å². The Labute approximate surface area is 128 Å². The molecule has 1 heterocycles. The zero-order chi connectivity index (χ0) is 14.4. The van der Waals surface area contributed by atoms with E-state index in [0.29, 0.717) is 11.5 Å². The molecule has 1 aromatic heterocycles. The molecule has 1 unspecified atom stereocenters. The van der Waals surface area contributed by atoms with E-state index < -0.39 is 0 Å². The summed E-state index contributed by atoms with van der Waals surface area (Å²) in [6.45, 7) is 3.27. The highest BCUT2D eigenvalue weighted by atomic mass is 15.3. The molecule has 0 aliphatic heterocycles. The molecule has 116 valence electrons. The van der Waals surface area contributed by atoms with Crippen LogP contribution in [0, 0.1) is 23.2 Å². The maximum atomic E-state index is 4.39. The molecule has 3 heteroatoms. The van der Waals surface area contributed by atoms with Crippen molar-refractivity contribution < 1.29 is 0 Å². The number of nitrogens with one attached hydrogen (secondary N) is 1. The van der Waals surface area contributed by atoms with E-state index in [4.69, 9.17) is 0 Å². The van der Waals surface area contributed by atoms with Crippen molar-refractivity contribution in [1.82, 2.24) is 15.1 Å². The molecule has 4 saturated carbocycles. The van der Waals surface area contributed by atoms with Crippen molar-refractivity contribution in [1.29, 1.82) is 0 Å². The lowest BCUT2D eigenvalue weighted by Gasteiger charge is -2.57. The average Bonchev–Trinajstić information content (AvgIpc) is 2.82. The predicted molar refractivity (Wildman–Crippen MR) is 84.8 cm³/mol. The quantitative estimate of drug-likeness (QED) is 0.895.